The highest BCUT2D eigenvalue weighted by Gasteiger charge is 2.21. The van der Waals surface area contributed by atoms with Crippen molar-refractivity contribution in [1.82, 2.24) is 9.55 Å². The van der Waals surface area contributed by atoms with Crippen LogP contribution in [-0.4, -0.2) is 22.8 Å². The molecule has 0 N–H and O–H groups in total. The molecule has 0 spiro atoms. The number of hydrogen-bond acceptors (Lipinski definition) is 2. The molecule has 3 nitrogen and oxygen atoms in total. The van der Waals surface area contributed by atoms with Gasteiger partial charge in [-0.1, -0.05) is 12.1 Å². The number of para-hydroxylation sites is 1. The Balaban J connectivity index is 2.03. The first-order valence-electron chi connectivity index (χ1n) is 7.34. The van der Waals surface area contributed by atoms with Crippen molar-refractivity contribution in [2.75, 3.05) is 13.2 Å². The lowest BCUT2D eigenvalue weighted by atomic mass is 10.00. The lowest BCUT2D eigenvalue weighted by Crippen LogP contribution is -2.21. The Morgan fingerprint density at radius 1 is 1.40 bits per heavy atom. The fourth-order valence-corrected chi connectivity index (χ4v) is 3.23. The van der Waals surface area contributed by atoms with Crippen LogP contribution in [0.2, 0.25) is 0 Å². The zero-order valence-electron chi connectivity index (χ0n) is 12.1. The normalized spacial score (nSPS) is 18.6. The van der Waals surface area contributed by atoms with Gasteiger partial charge in [0, 0.05) is 19.8 Å². The van der Waals surface area contributed by atoms with E-state index in [9.17, 15) is 0 Å². The van der Waals surface area contributed by atoms with Gasteiger partial charge in [-0.05, 0) is 44.2 Å². The van der Waals surface area contributed by atoms with E-state index in [4.69, 9.17) is 21.3 Å². The van der Waals surface area contributed by atoms with Gasteiger partial charge in [-0.3, -0.25) is 0 Å². The Labute approximate surface area is 124 Å². The van der Waals surface area contributed by atoms with Crippen LogP contribution in [0.5, 0.6) is 0 Å². The number of benzene rings is 1. The Morgan fingerprint density at radius 2 is 2.15 bits per heavy atom. The van der Waals surface area contributed by atoms with Crippen molar-refractivity contribution >= 4 is 22.6 Å². The van der Waals surface area contributed by atoms with E-state index in [0.717, 1.165) is 43.9 Å². The van der Waals surface area contributed by atoms with Crippen LogP contribution in [0.3, 0.4) is 0 Å². The van der Waals surface area contributed by atoms with Crippen LogP contribution in [-0.2, 0) is 11.3 Å². The molecule has 108 valence electrons. The Morgan fingerprint density at radius 3 is 2.85 bits per heavy atom. The number of halogens is 1. The number of aromatic nitrogens is 2. The molecule has 1 unspecified atom stereocenters. The molecule has 0 amide bonds. The molecule has 0 aliphatic carbocycles. The van der Waals surface area contributed by atoms with E-state index < -0.39 is 0 Å². The maximum atomic E-state index is 6.34. The highest BCUT2D eigenvalue weighted by Crippen LogP contribution is 2.29. The van der Waals surface area contributed by atoms with Gasteiger partial charge in [0.05, 0.1) is 16.4 Å². The lowest BCUT2D eigenvalue weighted by Gasteiger charge is -2.24. The van der Waals surface area contributed by atoms with Crippen molar-refractivity contribution in [3.05, 3.63) is 29.6 Å². The first kappa shape index (κ1) is 13.9. The first-order valence-corrected chi connectivity index (χ1v) is 7.78. The van der Waals surface area contributed by atoms with Crippen LogP contribution in [0.4, 0.5) is 0 Å². The molecule has 1 saturated heterocycles. The average Bonchev–Trinajstić information content (AvgIpc) is 2.80. The predicted molar refractivity (Wildman–Crippen MR) is 82.3 cm³/mol. The van der Waals surface area contributed by atoms with Gasteiger partial charge in [0.15, 0.2) is 0 Å². The summed E-state index contributed by atoms with van der Waals surface area (Å²) in [5.74, 6) is 1.65. The van der Waals surface area contributed by atoms with E-state index in [-0.39, 0.29) is 5.38 Å². The van der Waals surface area contributed by atoms with Crippen LogP contribution < -0.4 is 0 Å². The topological polar surface area (TPSA) is 27.1 Å². The summed E-state index contributed by atoms with van der Waals surface area (Å²) in [5, 5.41) is -0.0679. The third kappa shape index (κ3) is 2.57. The second-order valence-electron chi connectivity index (χ2n) is 5.70. The molecule has 1 aliphatic rings. The van der Waals surface area contributed by atoms with Gasteiger partial charge in [-0.2, -0.15) is 0 Å². The number of rotatable bonds is 3. The average molecular weight is 293 g/mol. The third-order valence-electron chi connectivity index (χ3n) is 4.14. The van der Waals surface area contributed by atoms with E-state index in [0.29, 0.717) is 5.92 Å². The standard InChI is InChI=1S/C16H21ClN2O/c1-11-4-3-5-14-15(11)19(16(18-14)12(2)17)10-13-6-8-20-9-7-13/h3-5,12-13H,6-10H2,1-2H3. The molecular weight excluding hydrogens is 272 g/mol. The Kier molecular flexibility index (Phi) is 3.99. The quantitative estimate of drug-likeness (QED) is 0.797. The van der Waals surface area contributed by atoms with E-state index in [2.05, 4.69) is 29.7 Å². The summed E-state index contributed by atoms with van der Waals surface area (Å²) in [5.41, 5.74) is 3.56. The number of imidazole rings is 1. The minimum absolute atomic E-state index is 0.0679. The number of hydrogen-bond donors (Lipinski definition) is 0. The van der Waals surface area contributed by atoms with Gasteiger partial charge in [0.25, 0.3) is 0 Å². The molecule has 1 aromatic heterocycles. The number of aryl methyl sites for hydroxylation is 1. The van der Waals surface area contributed by atoms with Crippen LogP contribution in [0, 0.1) is 12.8 Å². The third-order valence-corrected chi connectivity index (χ3v) is 4.33. The maximum Gasteiger partial charge on any atom is 0.127 e. The van der Waals surface area contributed by atoms with Gasteiger partial charge in [0.1, 0.15) is 5.82 Å². The van der Waals surface area contributed by atoms with Crippen LogP contribution in [0.1, 0.15) is 36.5 Å². The number of ether oxygens (including phenoxy) is 1. The molecular formula is C16H21ClN2O. The summed E-state index contributed by atoms with van der Waals surface area (Å²) in [6, 6.07) is 6.28. The molecule has 1 aliphatic heterocycles. The summed E-state index contributed by atoms with van der Waals surface area (Å²) in [4.78, 5) is 4.74. The second kappa shape index (κ2) is 5.74. The zero-order valence-corrected chi connectivity index (χ0v) is 12.9. The van der Waals surface area contributed by atoms with Crippen molar-refractivity contribution in [3.8, 4) is 0 Å². The summed E-state index contributed by atoms with van der Waals surface area (Å²) in [7, 11) is 0. The van der Waals surface area contributed by atoms with Gasteiger partial charge < -0.3 is 9.30 Å². The van der Waals surface area contributed by atoms with Crippen molar-refractivity contribution in [2.45, 2.75) is 38.6 Å². The molecule has 4 heteroatoms. The summed E-state index contributed by atoms with van der Waals surface area (Å²) >= 11 is 6.34. The van der Waals surface area contributed by atoms with E-state index in [1.807, 2.05) is 6.92 Å². The van der Waals surface area contributed by atoms with E-state index >= 15 is 0 Å². The summed E-state index contributed by atoms with van der Waals surface area (Å²) in [6.45, 7) is 6.90. The molecule has 20 heavy (non-hydrogen) atoms. The highest BCUT2D eigenvalue weighted by atomic mass is 35.5. The van der Waals surface area contributed by atoms with Gasteiger partial charge >= 0.3 is 0 Å². The number of fused-ring (bicyclic) bond motifs is 1. The van der Waals surface area contributed by atoms with E-state index in [1.54, 1.807) is 0 Å². The van der Waals surface area contributed by atoms with E-state index in [1.165, 1.54) is 11.1 Å². The largest absolute Gasteiger partial charge is 0.381 e. The number of nitrogens with zero attached hydrogens (tertiary/aromatic N) is 2. The van der Waals surface area contributed by atoms with Crippen LogP contribution >= 0.6 is 11.6 Å². The second-order valence-corrected chi connectivity index (χ2v) is 6.35. The Hall–Kier alpha value is -1.06. The smallest absolute Gasteiger partial charge is 0.127 e. The summed E-state index contributed by atoms with van der Waals surface area (Å²) in [6.07, 6.45) is 2.25. The molecule has 1 atom stereocenters. The van der Waals surface area contributed by atoms with Crippen molar-refractivity contribution in [1.29, 1.82) is 0 Å². The fourth-order valence-electron chi connectivity index (χ4n) is 3.06. The molecule has 2 aromatic rings. The van der Waals surface area contributed by atoms with Gasteiger partial charge in [0.2, 0.25) is 0 Å². The fraction of sp³-hybridized carbons (Fsp3) is 0.562. The molecule has 3 rings (SSSR count). The summed E-state index contributed by atoms with van der Waals surface area (Å²) < 4.78 is 7.79. The van der Waals surface area contributed by atoms with Crippen LogP contribution in [0.25, 0.3) is 11.0 Å². The molecule has 1 fully saturated rings. The zero-order chi connectivity index (χ0) is 14.1. The predicted octanol–water partition coefficient (Wildman–Crippen LogP) is 4.07. The minimum atomic E-state index is -0.0679. The maximum absolute atomic E-state index is 6.34. The molecule has 0 saturated carbocycles. The monoisotopic (exact) mass is 292 g/mol. The highest BCUT2D eigenvalue weighted by molar-refractivity contribution is 6.20. The Bertz CT molecular complexity index is 600. The van der Waals surface area contributed by atoms with Gasteiger partial charge in [-0.15, -0.1) is 11.6 Å². The molecule has 0 bridgehead atoms. The van der Waals surface area contributed by atoms with Crippen molar-refractivity contribution in [3.63, 3.8) is 0 Å². The van der Waals surface area contributed by atoms with Crippen molar-refractivity contribution in [2.24, 2.45) is 5.92 Å². The molecule has 0 radical (unpaired) electrons. The SMILES string of the molecule is Cc1cccc2nc(C(C)Cl)n(CC3CCOCC3)c12. The first-order chi connectivity index (χ1) is 9.66. The lowest BCUT2D eigenvalue weighted by molar-refractivity contribution is 0.0613. The van der Waals surface area contributed by atoms with Crippen molar-refractivity contribution < 1.29 is 4.74 Å². The molecule has 2 heterocycles. The number of alkyl halides is 1. The minimum Gasteiger partial charge on any atom is -0.381 e. The van der Waals surface area contributed by atoms with Gasteiger partial charge in [-0.25, -0.2) is 4.98 Å². The van der Waals surface area contributed by atoms with Crippen LogP contribution in [0.15, 0.2) is 18.2 Å². The molecule has 1 aromatic carbocycles.